The first-order valence-corrected chi connectivity index (χ1v) is 7.50. The third-order valence-corrected chi connectivity index (χ3v) is 3.81. The number of alkyl halides is 2. The van der Waals surface area contributed by atoms with E-state index in [1.807, 2.05) is 0 Å². The van der Waals surface area contributed by atoms with Gasteiger partial charge in [-0.25, -0.2) is 22.2 Å². The smallest absolute Gasteiger partial charge is 0.228 e. The maximum atomic E-state index is 12.6. The van der Waals surface area contributed by atoms with E-state index in [1.165, 1.54) is 6.07 Å². The van der Waals surface area contributed by atoms with Crippen molar-refractivity contribution in [3.05, 3.63) is 19.8 Å². The van der Waals surface area contributed by atoms with Crippen molar-refractivity contribution in [2.75, 3.05) is 0 Å². The molecule has 0 spiro atoms. The van der Waals surface area contributed by atoms with Crippen LogP contribution in [0.15, 0.2) is 15.6 Å². The number of halogens is 5. The molecule has 9 heteroatoms. The van der Waals surface area contributed by atoms with Gasteiger partial charge in [0.1, 0.15) is 3.70 Å². The van der Waals surface area contributed by atoms with Crippen LogP contribution >= 0.6 is 49.2 Å². The Balaban J connectivity index is 3.62. The Labute approximate surface area is 111 Å². The Kier molecular flexibility index (Phi) is 4.29. The Morgan fingerprint density at radius 3 is 2.47 bits per heavy atom. The molecule has 0 bridgehead atoms. The van der Waals surface area contributed by atoms with Crippen molar-refractivity contribution in [3.63, 3.8) is 0 Å². The Morgan fingerprint density at radius 1 is 1.53 bits per heavy atom. The monoisotopic (exact) mass is 431 g/mol. The van der Waals surface area contributed by atoms with Crippen LogP contribution < -0.4 is 0 Å². The summed E-state index contributed by atoms with van der Waals surface area (Å²) >= 11 is 4.55. The van der Waals surface area contributed by atoms with Gasteiger partial charge in [-0.2, -0.15) is 0 Å². The Morgan fingerprint density at radius 2 is 2.07 bits per heavy atom. The van der Waals surface area contributed by atoms with Crippen LogP contribution in [0.2, 0.25) is 0 Å². The van der Waals surface area contributed by atoms with Crippen molar-refractivity contribution >= 4 is 58.3 Å². The number of nitrogens with zero attached hydrogens (tertiary/aromatic N) is 1. The lowest BCUT2D eigenvalue weighted by molar-refractivity contribution is 0.146. The predicted molar refractivity (Wildman–Crippen MR) is 62.6 cm³/mol. The third-order valence-electron chi connectivity index (χ3n) is 1.39. The summed E-state index contributed by atoms with van der Waals surface area (Å²) in [7, 11) is 0.727. The minimum atomic E-state index is -4.28. The first-order valence-electron chi connectivity index (χ1n) is 3.32. The van der Waals surface area contributed by atoms with E-state index in [-0.39, 0.29) is 8.17 Å². The van der Waals surface area contributed by atoms with Crippen LogP contribution in [0, 0.1) is 3.70 Å². The molecule has 0 aliphatic rings. The van der Waals surface area contributed by atoms with E-state index in [0.717, 1.165) is 0 Å². The molecule has 1 rings (SSSR count). The number of rotatable bonds is 2. The average Bonchev–Trinajstić information content (AvgIpc) is 1.99. The molecule has 0 saturated heterocycles. The van der Waals surface area contributed by atoms with Crippen molar-refractivity contribution in [3.8, 4) is 0 Å². The SMILES string of the molecule is O=S(=O)(Cl)c1nc(I)cc(Br)c1C(F)F. The minimum Gasteiger partial charge on any atom is -0.228 e. The minimum absolute atomic E-state index is 0.0314. The van der Waals surface area contributed by atoms with Crippen LogP contribution in [-0.4, -0.2) is 13.4 Å². The number of aromatic nitrogens is 1. The van der Waals surface area contributed by atoms with Gasteiger partial charge < -0.3 is 0 Å². The molecule has 0 aliphatic heterocycles. The number of hydrogen-bond donors (Lipinski definition) is 0. The van der Waals surface area contributed by atoms with E-state index in [4.69, 9.17) is 10.7 Å². The van der Waals surface area contributed by atoms with Crippen molar-refractivity contribution in [1.82, 2.24) is 4.98 Å². The van der Waals surface area contributed by atoms with E-state index in [0.29, 0.717) is 0 Å². The standard InChI is InChI=1S/C6H2BrClF2INO2S/c7-2-1-3(11)12-6(15(8,13)14)4(2)5(9)10/h1,5H. The Bertz CT molecular complexity index is 496. The summed E-state index contributed by atoms with van der Waals surface area (Å²) in [5.74, 6) is 0. The molecule has 1 aromatic heterocycles. The van der Waals surface area contributed by atoms with E-state index >= 15 is 0 Å². The van der Waals surface area contributed by atoms with Crippen LogP contribution in [0.3, 0.4) is 0 Å². The van der Waals surface area contributed by atoms with E-state index in [2.05, 4.69) is 20.9 Å². The molecule has 84 valence electrons. The van der Waals surface area contributed by atoms with Crippen LogP contribution in [-0.2, 0) is 9.05 Å². The zero-order chi connectivity index (χ0) is 11.8. The van der Waals surface area contributed by atoms with Gasteiger partial charge in [-0.15, -0.1) is 0 Å². The van der Waals surface area contributed by atoms with Crippen LogP contribution in [0.4, 0.5) is 8.78 Å². The fourth-order valence-corrected chi connectivity index (χ4v) is 3.73. The fraction of sp³-hybridized carbons (Fsp3) is 0.167. The summed E-state index contributed by atoms with van der Waals surface area (Å²) in [6.45, 7) is 0. The second-order valence-corrected chi connectivity index (χ2v) is 6.82. The van der Waals surface area contributed by atoms with E-state index in [9.17, 15) is 17.2 Å². The lowest BCUT2D eigenvalue weighted by Crippen LogP contribution is -2.04. The molecule has 0 atom stereocenters. The molecule has 0 N–H and O–H groups in total. The fourth-order valence-electron chi connectivity index (χ4n) is 0.857. The van der Waals surface area contributed by atoms with E-state index < -0.39 is 26.1 Å². The summed E-state index contributed by atoms with van der Waals surface area (Å²) in [6, 6.07) is 1.29. The number of pyridine rings is 1. The van der Waals surface area contributed by atoms with Crippen LogP contribution in [0.5, 0.6) is 0 Å². The molecular formula is C6H2BrClF2INO2S. The summed E-state index contributed by atoms with van der Waals surface area (Å²) in [5.41, 5.74) is -0.717. The Hall–Kier alpha value is 0.460. The molecule has 0 amide bonds. The highest BCUT2D eigenvalue weighted by atomic mass is 127. The first-order chi connectivity index (χ1) is 6.73. The van der Waals surface area contributed by atoms with Gasteiger partial charge in [0.25, 0.3) is 15.5 Å². The molecule has 0 aromatic carbocycles. The van der Waals surface area contributed by atoms with Gasteiger partial charge in [0.2, 0.25) is 0 Å². The molecular weight excluding hydrogens is 430 g/mol. The summed E-state index contributed by atoms with van der Waals surface area (Å²) in [5, 5.41) is -0.807. The topological polar surface area (TPSA) is 47.0 Å². The molecule has 0 saturated carbocycles. The maximum absolute atomic E-state index is 12.6. The van der Waals surface area contributed by atoms with Gasteiger partial charge in [-0.05, 0) is 28.7 Å². The highest BCUT2D eigenvalue weighted by molar-refractivity contribution is 14.1. The van der Waals surface area contributed by atoms with E-state index in [1.54, 1.807) is 22.6 Å². The van der Waals surface area contributed by atoms with Crippen molar-refractivity contribution in [2.24, 2.45) is 0 Å². The zero-order valence-electron chi connectivity index (χ0n) is 6.72. The molecule has 0 aliphatic carbocycles. The summed E-state index contributed by atoms with van der Waals surface area (Å²) in [6.07, 6.45) is -2.97. The number of hydrogen-bond acceptors (Lipinski definition) is 3. The molecule has 0 fully saturated rings. The molecule has 3 nitrogen and oxygen atoms in total. The highest BCUT2D eigenvalue weighted by Crippen LogP contribution is 2.34. The highest BCUT2D eigenvalue weighted by Gasteiger charge is 2.26. The average molecular weight is 432 g/mol. The van der Waals surface area contributed by atoms with Gasteiger partial charge in [-0.3, -0.25) is 0 Å². The molecule has 15 heavy (non-hydrogen) atoms. The lowest BCUT2D eigenvalue weighted by Gasteiger charge is -2.07. The quantitative estimate of drug-likeness (QED) is 0.409. The molecule has 1 heterocycles. The zero-order valence-corrected chi connectivity index (χ0v) is 12.0. The molecule has 0 radical (unpaired) electrons. The lowest BCUT2D eigenvalue weighted by atomic mass is 10.3. The predicted octanol–water partition coefficient (Wildman–Crippen LogP) is 3.31. The molecule has 0 unspecified atom stereocenters. The second kappa shape index (κ2) is 4.76. The normalized spacial score (nSPS) is 12.1. The van der Waals surface area contributed by atoms with Gasteiger partial charge >= 0.3 is 0 Å². The third kappa shape index (κ3) is 3.21. The van der Waals surface area contributed by atoms with Crippen molar-refractivity contribution in [2.45, 2.75) is 11.5 Å². The van der Waals surface area contributed by atoms with Crippen LogP contribution in [0.1, 0.15) is 12.0 Å². The van der Waals surface area contributed by atoms with Crippen molar-refractivity contribution < 1.29 is 17.2 Å². The largest absolute Gasteiger partial charge is 0.279 e. The van der Waals surface area contributed by atoms with Gasteiger partial charge in [-0.1, -0.05) is 15.9 Å². The maximum Gasteiger partial charge on any atom is 0.279 e. The summed E-state index contributed by atoms with van der Waals surface area (Å²) in [4.78, 5) is 3.48. The van der Waals surface area contributed by atoms with Gasteiger partial charge in [0.05, 0.1) is 5.56 Å². The second-order valence-electron chi connectivity index (χ2n) is 2.38. The van der Waals surface area contributed by atoms with Gasteiger partial charge in [0.15, 0.2) is 5.03 Å². The van der Waals surface area contributed by atoms with Crippen LogP contribution in [0.25, 0.3) is 0 Å². The summed E-state index contributed by atoms with van der Waals surface area (Å²) < 4.78 is 47.3. The first kappa shape index (κ1) is 13.5. The van der Waals surface area contributed by atoms with Crippen molar-refractivity contribution in [1.29, 1.82) is 0 Å². The van der Waals surface area contributed by atoms with Gasteiger partial charge in [0, 0.05) is 15.2 Å². The molecule has 1 aromatic rings.